The van der Waals surface area contributed by atoms with Crippen LogP contribution in [0.25, 0.3) is 6.08 Å². The van der Waals surface area contributed by atoms with Crippen molar-refractivity contribution in [2.24, 2.45) is 5.92 Å². The van der Waals surface area contributed by atoms with Gasteiger partial charge in [0.15, 0.2) is 0 Å². The molecule has 1 amide bonds. The smallest absolute Gasteiger partial charge is 0.244 e. The maximum absolute atomic E-state index is 12.8. The van der Waals surface area contributed by atoms with Gasteiger partial charge in [-0.15, -0.1) is 0 Å². The summed E-state index contributed by atoms with van der Waals surface area (Å²) in [4.78, 5) is 11.8. The predicted molar refractivity (Wildman–Crippen MR) is 78.6 cm³/mol. The molecule has 2 N–H and O–H groups in total. The Labute approximate surface area is 119 Å². The zero-order chi connectivity index (χ0) is 14.4. The van der Waals surface area contributed by atoms with Gasteiger partial charge in [-0.05, 0) is 62.5 Å². The number of hydrogen-bond donors (Lipinski definition) is 2. The van der Waals surface area contributed by atoms with E-state index in [0.717, 1.165) is 31.5 Å². The molecule has 20 heavy (non-hydrogen) atoms. The zero-order valence-corrected chi connectivity index (χ0v) is 11.7. The molecule has 2 rings (SSSR count). The molecule has 2 atom stereocenters. The molecular formula is C16H21FN2O. The van der Waals surface area contributed by atoms with Crippen LogP contribution in [0.2, 0.25) is 0 Å². The molecule has 0 saturated carbocycles. The van der Waals surface area contributed by atoms with Gasteiger partial charge >= 0.3 is 0 Å². The van der Waals surface area contributed by atoms with Gasteiger partial charge in [0.25, 0.3) is 0 Å². The van der Waals surface area contributed by atoms with Crippen LogP contribution in [-0.4, -0.2) is 25.0 Å². The molecule has 3 nitrogen and oxygen atoms in total. The van der Waals surface area contributed by atoms with E-state index in [1.54, 1.807) is 18.2 Å². The third-order valence-corrected chi connectivity index (χ3v) is 3.71. The summed E-state index contributed by atoms with van der Waals surface area (Å²) in [6.07, 6.45) is 5.51. The van der Waals surface area contributed by atoms with Crippen molar-refractivity contribution < 1.29 is 9.18 Å². The number of carbonyl (C=O) groups excluding carboxylic acids is 1. The minimum Gasteiger partial charge on any atom is -0.350 e. The fourth-order valence-electron chi connectivity index (χ4n) is 2.44. The number of halogens is 1. The molecule has 4 heteroatoms. The first-order valence-electron chi connectivity index (χ1n) is 7.10. The number of carbonyl (C=O) groups is 1. The second-order valence-corrected chi connectivity index (χ2v) is 5.29. The quantitative estimate of drug-likeness (QED) is 0.829. The van der Waals surface area contributed by atoms with E-state index in [1.807, 2.05) is 6.92 Å². The number of hydrogen-bond acceptors (Lipinski definition) is 2. The highest BCUT2D eigenvalue weighted by Crippen LogP contribution is 2.14. The zero-order valence-electron chi connectivity index (χ0n) is 11.7. The summed E-state index contributed by atoms with van der Waals surface area (Å²) in [5, 5.41) is 6.34. The molecule has 1 aliphatic heterocycles. The van der Waals surface area contributed by atoms with Crippen LogP contribution in [0.5, 0.6) is 0 Å². The van der Waals surface area contributed by atoms with E-state index in [-0.39, 0.29) is 17.8 Å². The van der Waals surface area contributed by atoms with Crippen molar-refractivity contribution >= 4 is 12.0 Å². The lowest BCUT2D eigenvalue weighted by Crippen LogP contribution is -2.44. The lowest BCUT2D eigenvalue weighted by atomic mass is 9.93. The predicted octanol–water partition coefficient (Wildman–Crippen LogP) is 2.34. The fraction of sp³-hybridized carbons (Fsp3) is 0.438. The summed E-state index contributed by atoms with van der Waals surface area (Å²) in [6, 6.07) is 6.22. The average molecular weight is 276 g/mol. The normalized spacial score (nSPS) is 20.8. The summed E-state index contributed by atoms with van der Waals surface area (Å²) >= 11 is 0. The van der Waals surface area contributed by atoms with Gasteiger partial charge in [-0.1, -0.05) is 12.1 Å². The summed E-state index contributed by atoms with van der Waals surface area (Å²) in [5.41, 5.74) is 0.813. The largest absolute Gasteiger partial charge is 0.350 e. The van der Waals surface area contributed by atoms with Crippen LogP contribution in [0.4, 0.5) is 4.39 Å². The van der Waals surface area contributed by atoms with E-state index in [0.29, 0.717) is 5.92 Å². The lowest BCUT2D eigenvalue weighted by Gasteiger charge is -2.28. The highest BCUT2D eigenvalue weighted by atomic mass is 19.1. The minimum atomic E-state index is -0.273. The second kappa shape index (κ2) is 7.20. The van der Waals surface area contributed by atoms with E-state index < -0.39 is 0 Å². The first kappa shape index (κ1) is 14.7. The molecule has 0 radical (unpaired) electrons. The second-order valence-electron chi connectivity index (χ2n) is 5.29. The molecule has 0 bridgehead atoms. The standard InChI is InChI=1S/C16H21FN2O/c1-12(14-3-2-10-18-11-14)19-16(20)9-6-13-4-7-15(17)8-5-13/h4-9,12,14,18H,2-3,10-11H2,1H3,(H,19,20). The van der Waals surface area contributed by atoms with E-state index in [4.69, 9.17) is 0 Å². The SMILES string of the molecule is CC(NC(=O)C=Cc1ccc(F)cc1)C1CCCNC1. The Morgan fingerprint density at radius 3 is 2.85 bits per heavy atom. The molecule has 1 heterocycles. The van der Waals surface area contributed by atoms with Gasteiger partial charge in [0.05, 0.1) is 0 Å². The number of rotatable bonds is 4. The molecule has 1 saturated heterocycles. The Hall–Kier alpha value is -1.68. The topological polar surface area (TPSA) is 41.1 Å². The maximum Gasteiger partial charge on any atom is 0.244 e. The Morgan fingerprint density at radius 2 is 2.20 bits per heavy atom. The molecule has 0 aromatic heterocycles. The molecular weight excluding hydrogens is 255 g/mol. The first-order chi connectivity index (χ1) is 9.65. The Balaban J connectivity index is 1.83. The van der Waals surface area contributed by atoms with Gasteiger partial charge in [0.2, 0.25) is 5.91 Å². The van der Waals surface area contributed by atoms with Gasteiger partial charge in [-0.3, -0.25) is 4.79 Å². The van der Waals surface area contributed by atoms with Gasteiger partial charge in [-0.25, -0.2) is 4.39 Å². The maximum atomic E-state index is 12.8. The summed E-state index contributed by atoms with van der Waals surface area (Å²) in [5.74, 6) is 0.115. The number of nitrogens with one attached hydrogen (secondary N) is 2. The van der Waals surface area contributed by atoms with Crippen LogP contribution in [0.15, 0.2) is 30.3 Å². The number of benzene rings is 1. The van der Waals surface area contributed by atoms with Gasteiger partial charge < -0.3 is 10.6 Å². The van der Waals surface area contributed by atoms with Crippen molar-refractivity contribution in [3.63, 3.8) is 0 Å². The molecule has 0 aliphatic carbocycles. The van der Waals surface area contributed by atoms with Crippen molar-refractivity contribution in [1.29, 1.82) is 0 Å². The molecule has 0 spiro atoms. The van der Waals surface area contributed by atoms with E-state index in [1.165, 1.54) is 18.2 Å². The van der Waals surface area contributed by atoms with E-state index >= 15 is 0 Å². The van der Waals surface area contributed by atoms with Crippen molar-refractivity contribution in [1.82, 2.24) is 10.6 Å². The monoisotopic (exact) mass is 276 g/mol. The Bertz CT molecular complexity index is 464. The average Bonchev–Trinajstić information content (AvgIpc) is 2.47. The highest BCUT2D eigenvalue weighted by molar-refractivity contribution is 5.91. The third-order valence-electron chi connectivity index (χ3n) is 3.71. The number of amides is 1. The van der Waals surface area contributed by atoms with Crippen molar-refractivity contribution in [2.45, 2.75) is 25.8 Å². The summed E-state index contributed by atoms with van der Waals surface area (Å²) in [6.45, 7) is 4.08. The van der Waals surface area contributed by atoms with Crippen LogP contribution in [0.1, 0.15) is 25.3 Å². The van der Waals surface area contributed by atoms with E-state index in [2.05, 4.69) is 10.6 Å². The molecule has 108 valence electrons. The molecule has 1 aliphatic rings. The molecule has 1 aromatic carbocycles. The van der Waals surface area contributed by atoms with Crippen molar-refractivity contribution in [2.75, 3.05) is 13.1 Å². The van der Waals surface area contributed by atoms with Crippen molar-refractivity contribution in [3.8, 4) is 0 Å². The van der Waals surface area contributed by atoms with Crippen LogP contribution in [0, 0.1) is 11.7 Å². The van der Waals surface area contributed by atoms with Crippen LogP contribution in [-0.2, 0) is 4.79 Å². The van der Waals surface area contributed by atoms with Crippen molar-refractivity contribution in [3.05, 3.63) is 41.7 Å². The van der Waals surface area contributed by atoms with Gasteiger partial charge in [-0.2, -0.15) is 0 Å². The molecule has 1 fully saturated rings. The van der Waals surface area contributed by atoms with Gasteiger partial charge in [0, 0.05) is 12.1 Å². The van der Waals surface area contributed by atoms with Crippen LogP contribution < -0.4 is 10.6 Å². The Kier molecular flexibility index (Phi) is 5.30. The number of piperidine rings is 1. The van der Waals surface area contributed by atoms with E-state index in [9.17, 15) is 9.18 Å². The highest BCUT2D eigenvalue weighted by Gasteiger charge is 2.20. The summed E-state index contributed by atoms with van der Waals surface area (Å²) in [7, 11) is 0. The summed E-state index contributed by atoms with van der Waals surface area (Å²) < 4.78 is 12.8. The minimum absolute atomic E-state index is 0.104. The van der Waals surface area contributed by atoms with Gasteiger partial charge in [0.1, 0.15) is 5.82 Å². The molecule has 2 unspecified atom stereocenters. The van der Waals surface area contributed by atoms with Crippen LogP contribution >= 0.6 is 0 Å². The lowest BCUT2D eigenvalue weighted by molar-refractivity contribution is -0.117. The molecule has 1 aromatic rings. The Morgan fingerprint density at radius 1 is 1.45 bits per heavy atom. The first-order valence-corrected chi connectivity index (χ1v) is 7.10. The van der Waals surface area contributed by atoms with Crippen LogP contribution in [0.3, 0.4) is 0 Å². The third kappa shape index (κ3) is 4.46. The fourth-order valence-corrected chi connectivity index (χ4v) is 2.44.